The van der Waals surface area contributed by atoms with Gasteiger partial charge in [0.05, 0.1) is 0 Å². The van der Waals surface area contributed by atoms with Crippen LogP contribution in [0.2, 0.25) is 0 Å². The van der Waals surface area contributed by atoms with E-state index in [0.29, 0.717) is 18.2 Å². The van der Waals surface area contributed by atoms with Gasteiger partial charge in [0, 0.05) is 37.5 Å². The van der Waals surface area contributed by atoms with Gasteiger partial charge in [0.1, 0.15) is 5.37 Å². The van der Waals surface area contributed by atoms with Crippen molar-refractivity contribution in [1.29, 1.82) is 0 Å². The molecular formula is C22H36N2OS. The predicted molar refractivity (Wildman–Crippen MR) is 115 cm³/mol. The Morgan fingerprint density at radius 3 is 2.38 bits per heavy atom. The molecule has 1 heterocycles. The van der Waals surface area contributed by atoms with Crippen molar-refractivity contribution in [1.82, 2.24) is 4.90 Å². The van der Waals surface area contributed by atoms with Crippen LogP contribution in [0.3, 0.4) is 0 Å². The smallest absolute Gasteiger partial charge is 0.224 e. The van der Waals surface area contributed by atoms with Crippen molar-refractivity contribution in [3.05, 3.63) is 29.8 Å². The molecule has 3 nitrogen and oxygen atoms in total. The van der Waals surface area contributed by atoms with Gasteiger partial charge in [-0.2, -0.15) is 0 Å². The van der Waals surface area contributed by atoms with E-state index in [1.165, 1.54) is 11.3 Å². The molecule has 2 atom stereocenters. The minimum absolute atomic E-state index is 0.176. The summed E-state index contributed by atoms with van der Waals surface area (Å²) in [5, 5.41) is 0.176. The van der Waals surface area contributed by atoms with Gasteiger partial charge < -0.3 is 9.80 Å². The molecule has 0 aliphatic carbocycles. The van der Waals surface area contributed by atoms with Crippen LogP contribution >= 0.6 is 11.8 Å². The number of amides is 1. The second-order valence-electron chi connectivity index (χ2n) is 8.65. The van der Waals surface area contributed by atoms with Gasteiger partial charge in [-0.05, 0) is 49.3 Å². The van der Waals surface area contributed by atoms with Gasteiger partial charge in [-0.1, -0.05) is 39.8 Å². The van der Waals surface area contributed by atoms with E-state index in [0.717, 1.165) is 31.8 Å². The number of carbonyl (C=O) groups excluding carboxylic acids is 1. The molecule has 4 heteroatoms. The zero-order valence-corrected chi connectivity index (χ0v) is 18.2. The monoisotopic (exact) mass is 376 g/mol. The molecule has 0 radical (unpaired) electrons. The van der Waals surface area contributed by atoms with Crippen molar-refractivity contribution in [2.45, 2.75) is 59.8 Å². The zero-order chi connectivity index (χ0) is 19.3. The predicted octanol–water partition coefficient (Wildman–Crippen LogP) is 5.57. The Labute approximate surface area is 164 Å². The second kappa shape index (κ2) is 9.16. The first-order chi connectivity index (χ1) is 12.2. The van der Waals surface area contributed by atoms with E-state index in [4.69, 9.17) is 0 Å². The summed E-state index contributed by atoms with van der Waals surface area (Å²) in [7, 11) is 0. The minimum atomic E-state index is 0.176. The molecule has 0 aromatic heterocycles. The van der Waals surface area contributed by atoms with Gasteiger partial charge in [0.25, 0.3) is 0 Å². The summed E-state index contributed by atoms with van der Waals surface area (Å²) < 4.78 is 0. The highest BCUT2D eigenvalue weighted by molar-refractivity contribution is 7.99. The number of nitrogens with zero attached hydrogens (tertiary/aromatic N) is 2. The highest BCUT2D eigenvalue weighted by Crippen LogP contribution is 2.39. The fourth-order valence-corrected chi connectivity index (χ4v) is 5.25. The summed E-state index contributed by atoms with van der Waals surface area (Å²) in [4.78, 5) is 17.3. The van der Waals surface area contributed by atoms with E-state index in [1.807, 2.05) is 11.8 Å². The molecule has 2 rings (SSSR count). The standard InChI is InChI=1S/C22H36N2OS/c1-7-23(8-2)19-11-9-18(10-12-19)21-24(13-14-26-21)20(25)15-17(3)16-22(4,5)6/h9-12,17,21H,7-8,13-16H2,1-6H3. The summed E-state index contributed by atoms with van der Waals surface area (Å²) in [6.07, 6.45) is 1.74. The van der Waals surface area contributed by atoms with Crippen LogP contribution in [0.1, 0.15) is 65.3 Å². The van der Waals surface area contributed by atoms with Crippen molar-refractivity contribution in [2.75, 3.05) is 30.3 Å². The summed E-state index contributed by atoms with van der Waals surface area (Å²) in [6.45, 7) is 16.2. The first kappa shape index (κ1) is 21.1. The lowest BCUT2D eigenvalue weighted by atomic mass is 9.84. The van der Waals surface area contributed by atoms with Crippen molar-refractivity contribution >= 4 is 23.4 Å². The molecule has 0 spiro atoms. The Kier molecular flexibility index (Phi) is 7.45. The van der Waals surface area contributed by atoms with Crippen LogP contribution < -0.4 is 4.90 Å². The van der Waals surface area contributed by atoms with Crippen molar-refractivity contribution in [2.24, 2.45) is 11.3 Å². The summed E-state index contributed by atoms with van der Waals surface area (Å²) in [5.41, 5.74) is 2.79. The number of hydrogen-bond donors (Lipinski definition) is 0. The molecule has 1 aromatic carbocycles. The topological polar surface area (TPSA) is 23.6 Å². The Balaban J connectivity index is 2.04. The number of benzene rings is 1. The quantitative estimate of drug-likeness (QED) is 0.621. The number of rotatable bonds is 7. The van der Waals surface area contributed by atoms with E-state index in [2.05, 4.69) is 75.6 Å². The maximum Gasteiger partial charge on any atom is 0.224 e. The Morgan fingerprint density at radius 1 is 1.23 bits per heavy atom. The molecule has 26 heavy (non-hydrogen) atoms. The molecule has 2 unspecified atom stereocenters. The van der Waals surface area contributed by atoms with Gasteiger partial charge >= 0.3 is 0 Å². The number of carbonyl (C=O) groups is 1. The molecule has 1 saturated heterocycles. The molecule has 0 N–H and O–H groups in total. The van der Waals surface area contributed by atoms with Crippen LogP contribution in [-0.2, 0) is 4.79 Å². The second-order valence-corrected chi connectivity index (χ2v) is 9.84. The Bertz CT molecular complexity index is 575. The normalized spacial score (nSPS) is 18.8. The fourth-order valence-electron chi connectivity index (χ4n) is 3.97. The first-order valence-corrected chi connectivity index (χ1v) is 11.1. The van der Waals surface area contributed by atoms with Crippen LogP contribution in [0.5, 0.6) is 0 Å². The molecule has 1 aliphatic rings. The molecule has 1 fully saturated rings. The van der Waals surface area contributed by atoms with E-state index in [1.54, 1.807) is 0 Å². The molecule has 0 saturated carbocycles. The lowest BCUT2D eigenvalue weighted by molar-refractivity contribution is -0.132. The van der Waals surface area contributed by atoms with Gasteiger partial charge in [-0.25, -0.2) is 0 Å². The molecule has 146 valence electrons. The third-order valence-corrected chi connectivity index (χ3v) is 6.26. The van der Waals surface area contributed by atoms with Crippen LogP contribution in [0, 0.1) is 11.3 Å². The van der Waals surface area contributed by atoms with E-state index in [9.17, 15) is 4.79 Å². The lowest BCUT2D eigenvalue weighted by Gasteiger charge is -2.28. The SMILES string of the molecule is CCN(CC)c1ccc(C2SCCN2C(=O)CC(C)CC(C)(C)C)cc1. The number of thioether (sulfide) groups is 1. The van der Waals surface area contributed by atoms with Crippen molar-refractivity contribution < 1.29 is 4.79 Å². The molecule has 0 bridgehead atoms. The van der Waals surface area contributed by atoms with Crippen molar-refractivity contribution in [3.8, 4) is 0 Å². The molecule has 1 amide bonds. The van der Waals surface area contributed by atoms with Crippen LogP contribution in [0.15, 0.2) is 24.3 Å². The van der Waals surface area contributed by atoms with Crippen molar-refractivity contribution in [3.63, 3.8) is 0 Å². The maximum absolute atomic E-state index is 12.9. The highest BCUT2D eigenvalue weighted by atomic mass is 32.2. The number of hydrogen-bond acceptors (Lipinski definition) is 3. The van der Waals surface area contributed by atoms with Crippen LogP contribution in [-0.4, -0.2) is 36.2 Å². The summed E-state index contributed by atoms with van der Waals surface area (Å²) in [6, 6.07) is 8.81. The highest BCUT2D eigenvalue weighted by Gasteiger charge is 2.31. The lowest BCUT2D eigenvalue weighted by Crippen LogP contribution is -2.32. The van der Waals surface area contributed by atoms with E-state index in [-0.39, 0.29) is 10.8 Å². The van der Waals surface area contributed by atoms with Gasteiger partial charge in [0.2, 0.25) is 5.91 Å². The van der Waals surface area contributed by atoms with Gasteiger partial charge in [-0.3, -0.25) is 4.79 Å². The average Bonchev–Trinajstić information content (AvgIpc) is 3.04. The Morgan fingerprint density at radius 2 is 1.85 bits per heavy atom. The minimum Gasteiger partial charge on any atom is -0.372 e. The van der Waals surface area contributed by atoms with Crippen LogP contribution in [0.4, 0.5) is 5.69 Å². The molecular weight excluding hydrogens is 340 g/mol. The average molecular weight is 377 g/mol. The third kappa shape index (κ3) is 5.67. The van der Waals surface area contributed by atoms with Gasteiger partial charge in [-0.15, -0.1) is 11.8 Å². The molecule has 1 aliphatic heterocycles. The van der Waals surface area contributed by atoms with E-state index < -0.39 is 0 Å². The summed E-state index contributed by atoms with van der Waals surface area (Å²) >= 11 is 1.89. The van der Waals surface area contributed by atoms with E-state index >= 15 is 0 Å². The fraction of sp³-hybridized carbons (Fsp3) is 0.682. The largest absolute Gasteiger partial charge is 0.372 e. The zero-order valence-electron chi connectivity index (χ0n) is 17.4. The Hall–Kier alpha value is -1.16. The number of anilines is 1. The van der Waals surface area contributed by atoms with Crippen LogP contribution in [0.25, 0.3) is 0 Å². The summed E-state index contributed by atoms with van der Waals surface area (Å²) in [5.74, 6) is 1.77. The maximum atomic E-state index is 12.9. The van der Waals surface area contributed by atoms with Gasteiger partial charge in [0.15, 0.2) is 0 Å². The third-order valence-electron chi connectivity index (χ3n) is 5.00. The molecule has 1 aromatic rings. The first-order valence-electron chi connectivity index (χ1n) is 10.0.